The summed E-state index contributed by atoms with van der Waals surface area (Å²) in [6, 6.07) is 1.90. The van der Waals surface area contributed by atoms with Crippen LogP contribution in [0, 0.1) is 6.92 Å². The summed E-state index contributed by atoms with van der Waals surface area (Å²) < 4.78 is 1.81. The highest BCUT2D eigenvalue weighted by atomic mass is 16.1. The number of hydrogen-bond donors (Lipinski definition) is 0. The van der Waals surface area contributed by atoms with E-state index >= 15 is 0 Å². The number of carbonyl (C=O) groups is 1. The molecular weight excluding hydrogens is 212 g/mol. The fourth-order valence-electron chi connectivity index (χ4n) is 2.03. The SMILES string of the molecule is CCCCCCCC(=O)c1cc(C)nn1CC. The largest absolute Gasteiger partial charge is 0.292 e. The van der Waals surface area contributed by atoms with Crippen LogP contribution < -0.4 is 0 Å². The molecule has 1 aromatic heterocycles. The first-order valence-electron chi connectivity index (χ1n) is 6.76. The molecule has 1 heterocycles. The Morgan fingerprint density at radius 3 is 2.59 bits per heavy atom. The van der Waals surface area contributed by atoms with Crippen molar-refractivity contribution in [2.24, 2.45) is 0 Å². The zero-order valence-corrected chi connectivity index (χ0v) is 11.3. The smallest absolute Gasteiger partial charge is 0.180 e. The van der Waals surface area contributed by atoms with Crippen LogP contribution in [0.25, 0.3) is 0 Å². The van der Waals surface area contributed by atoms with Crippen molar-refractivity contribution in [2.75, 3.05) is 0 Å². The number of aromatic nitrogens is 2. The van der Waals surface area contributed by atoms with Crippen LogP contribution in [0.5, 0.6) is 0 Å². The molecule has 0 saturated heterocycles. The Hall–Kier alpha value is -1.12. The van der Waals surface area contributed by atoms with Crippen LogP contribution in [0.15, 0.2) is 6.07 Å². The van der Waals surface area contributed by atoms with Crippen LogP contribution in [0.1, 0.15) is 68.6 Å². The van der Waals surface area contributed by atoms with Gasteiger partial charge in [0.15, 0.2) is 5.78 Å². The van der Waals surface area contributed by atoms with Crippen molar-refractivity contribution in [1.82, 2.24) is 9.78 Å². The average Bonchev–Trinajstić information content (AvgIpc) is 2.70. The van der Waals surface area contributed by atoms with Crippen LogP contribution in [0.3, 0.4) is 0 Å². The average molecular weight is 236 g/mol. The maximum absolute atomic E-state index is 12.0. The minimum Gasteiger partial charge on any atom is -0.292 e. The summed E-state index contributed by atoms with van der Waals surface area (Å²) in [5.74, 6) is 0.240. The minimum absolute atomic E-state index is 0.240. The molecule has 1 rings (SSSR count). The van der Waals surface area contributed by atoms with Gasteiger partial charge in [-0.15, -0.1) is 0 Å². The summed E-state index contributed by atoms with van der Waals surface area (Å²) in [6.45, 7) is 6.92. The third kappa shape index (κ3) is 4.33. The highest BCUT2D eigenvalue weighted by Crippen LogP contribution is 2.11. The van der Waals surface area contributed by atoms with Gasteiger partial charge in [0, 0.05) is 13.0 Å². The number of unbranched alkanes of at least 4 members (excludes halogenated alkanes) is 4. The number of ketones is 1. The van der Waals surface area contributed by atoms with Crippen molar-refractivity contribution in [3.63, 3.8) is 0 Å². The van der Waals surface area contributed by atoms with E-state index in [-0.39, 0.29) is 5.78 Å². The molecule has 0 aliphatic rings. The van der Waals surface area contributed by atoms with Gasteiger partial charge in [-0.2, -0.15) is 5.10 Å². The molecule has 96 valence electrons. The molecule has 0 aliphatic carbocycles. The van der Waals surface area contributed by atoms with Crippen LogP contribution in [0.2, 0.25) is 0 Å². The normalized spacial score (nSPS) is 10.8. The maximum Gasteiger partial charge on any atom is 0.180 e. The van der Waals surface area contributed by atoms with E-state index in [0.717, 1.165) is 24.4 Å². The van der Waals surface area contributed by atoms with Crippen molar-refractivity contribution < 1.29 is 4.79 Å². The Kier molecular flexibility index (Phi) is 5.95. The monoisotopic (exact) mass is 236 g/mol. The fourth-order valence-corrected chi connectivity index (χ4v) is 2.03. The Labute approximate surface area is 104 Å². The summed E-state index contributed by atoms with van der Waals surface area (Å²) in [4.78, 5) is 12.0. The van der Waals surface area contributed by atoms with Gasteiger partial charge in [-0.05, 0) is 26.3 Å². The lowest BCUT2D eigenvalue weighted by molar-refractivity contribution is 0.0968. The zero-order chi connectivity index (χ0) is 12.7. The van der Waals surface area contributed by atoms with Crippen molar-refractivity contribution in [1.29, 1.82) is 0 Å². The predicted molar refractivity (Wildman–Crippen MR) is 70.3 cm³/mol. The first-order chi connectivity index (χ1) is 8.19. The van der Waals surface area contributed by atoms with E-state index in [2.05, 4.69) is 12.0 Å². The second kappa shape index (κ2) is 7.25. The Morgan fingerprint density at radius 1 is 1.24 bits per heavy atom. The molecule has 0 bridgehead atoms. The highest BCUT2D eigenvalue weighted by Gasteiger charge is 2.12. The summed E-state index contributed by atoms with van der Waals surface area (Å²) >= 11 is 0. The van der Waals surface area contributed by atoms with Crippen molar-refractivity contribution in [3.8, 4) is 0 Å². The van der Waals surface area contributed by atoms with Crippen molar-refractivity contribution in [2.45, 2.75) is 65.8 Å². The van der Waals surface area contributed by atoms with Gasteiger partial charge < -0.3 is 0 Å². The Balaban J connectivity index is 2.41. The first-order valence-corrected chi connectivity index (χ1v) is 6.76. The van der Waals surface area contributed by atoms with E-state index in [1.807, 2.05) is 24.6 Å². The highest BCUT2D eigenvalue weighted by molar-refractivity contribution is 5.94. The van der Waals surface area contributed by atoms with Crippen LogP contribution in [-0.4, -0.2) is 15.6 Å². The third-order valence-electron chi connectivity index (χ3n) is 2.99. The molecule has 0 atom stereocenters. The summed E-state index contributed by atoms with van der Waals surface area (Å²) in [5, 5.41) is 4.30. The van der Waals surface area contributed by atoms with Crippen LogP contribution in [0.4, 0.5) is 0 Å². The number of hydrogen-bond acceptors (Lipinski definition) is 2. The van der Waals surface area contributed by atoms with E-state index in [1.54, 1.807) is 0 Å². The van der Waals surface area contributed by atoms with Gasteiger partial charge in [0.25, 0.3) is 0 Å². The van der Waals surface area contributed by atoms with E-state index in [1.165, 1.54) is 25.7 Å². The van der Waals surface area contributed by atoms with Gasteiger partial charge in [-0.1, -0.05) is 32.6 Å². The molecule has 0 unspecified atom stereocenters. The quantitative estimate of drug-likeness (QED) is 0.509. The van der Waals surface area contributed by atoms with E-state index in [9.17, 15) is 4.79 Å². The zero-order valence-electron chi connectivity index (χ0n) is 11.3. The molecule has 0 saturated carbocycles. The van der Waals surface area contributed by atoms with Gasteiger partial charge in [0.1, 0.15) is 5.69 Å². The Bertz CT molecular complexity index is 355. The molecule has 3 nitrogen and oxygen atoms in total. The summed E-state index contributed by atoms with van der Waals surface area (Å²) in [5.41, 5.74) is 1.71. The van der Waals surface area contributed by atoms with Gasteiger partial charge in [-0.3, -0.25) is 9.48 Å². The summed E-state index contributed by atoms with van der Waals surface area (Å²) in [7, 11) is 0. The maximum atomic E-state index is 12.0. The topological polar surface area (TPSA) is 34.9 Å². The molecule has 17 heavy (non-hydrogen) atoms. The lowest BCUT2D eigenvalue weighted by Crippen LogP contribution is -2.09. The van der Waals surface area contributed by atoms with Gasteiger partial charge in [0.05, 0.1) is 5.69 Å². The van der Waals surface area contributed by atoms with E-state index in [4.69, 9.17) is 0 Å². The number of Topliss-reactive ketones (excluding diaryl/α,β-unsaturated/α-hetero) is 1. The molecule has 0 amide bonds. The minimum atomic E-state index is 0.240. The first kappa shape index (κ1) is 13.9. The lowest BCUT2D eigenvalue weighted by atomic mass is 10.1. The summed E-state index contributed by atoms with van der Waals surface area (Å²) in [6.07, 6.45) is 6.60. The second-order valence-corrected chi connectivity index (χ2v) is 4.57. The molecule has 3 heteroatoms. The third-order valence-corrected chi connectivity index (χ3v) is 2.99. The van der Waals surface area contributed by atoms with Gasteiger partial charge in [-0.25, -0.2) is 0 Å². The number of rotatable bonds is 8. The van der Waals surface area contributed by atoms with Crippen LogP contribution >= 0.6 is 0 Å². The second-order valence-electron chi connectivity index (χ2n) is 4.57. The number of aryl methyl sites for hydroxylation is 2. The van der Waals surface area contributed by atoms with Gasteiger partial charge >= 0.3 is 0 Å². The van der Waals surface area contributed by atoms with Crippen molar-refractivity contribution >= 4 is 5.78 Å². The standard InChI is InChI=1S/C14H24N2O/c1-4-6-7-8-9-10-14(17)13-11-12(3)15-16(13)5-2/h11H,4-10H2,1-3H3. The molecular formula is C14H24N2O. The molecule has 0 aromatic carbocycles. The molecule has 0 spiro atoms. The molecule has 0 fully saturated rings. The fraction of sp³-hybridized carbons (Fsp3) is 0.714. The van der Waals surface area contributed by atoms with Crippen LogP contribution in [-0.2, 0) is 6.54 Å². The molecule has 0 N–H and O–H groups in total. The van der Waals surface area contributed by atoms with E-state index < -0.39 is 0 Å². The Morgan fingerprint density at radius 2 is 1.94 bits per heavy atom. The van der Waals surface area contributed by atoms with E-state index in [0.29, 0.717) is 6.42 Å². The number of carbonyl (C=O) groups excluding carboxylic acids is 1. The molecule has 0 radical (unpaired) electrons. The molecule has 0 aliphatic heterocycles. The lowest BCUT2D eigenvalue weighted by Gasteiger charge is -2.03. The predicted octanol–water partition coefficient (Wildman–Crippen LogP) is 3.75. The molecule has 1 aromatic rings. The van der Waals surface area contributed by atoms with Crippen molar-refractivity contribution in [3.05, 3.63) is 17.5 Å². The number of nitrogens with zero attached hydrogens (tertiary/aromatic N) is 2. The van der Waals surface area contributed by atoms with Gasteiger partial charge in [0.2, 0.25) is 0 Å².